The molecule has 1 rings (SSSR count). The van der Waals surface area contributed by atoms with Gasteiger partial charge < -0.3 is 0 Å². The van der Waals surface area contributed by atoms with Gasteiger partial charge in [0, 0.05) is 13.5 Å². The van der Waals surface area contributed by atoms with E-state index in [9.17, 15) is 4.79 Å². The quantitative estimate of drug-likeness (QED) is 0.650. The molecule has 1 heterocycles. The van der Waals surface area contributed by atoms with Gasteiger partial charge in [0.1, 0.15) is 6.33 Å². The number of carbonyl (C=O) groups is 1. The molecule has 1 aromatic rings. The molecule has 0 aliphatic heterocycles. The highest BCUT2D eigenvalue weighted by molar-refractivity contribution is 5.90. The second-order valence-electron chi connectivity index (χ2n) is 4.36. The summed E-state index contributed by atoms with van der Waals surface area (Å²) in [6.07, 6.45) is 1.42. The lowest BCUT2D eigenvalue weighted by Gasteiger charge is -2.18. The van der Waals surface area contributed by atoms with E-state index in [1.807, 2.05) is 0 Å². The van der Waals surface area contributed by atoms with Crippen LogP contribution in [0, 0.1) is 5.41 Å². The van der Waals surface area contributed by atoms with Crippen LogP contribution < -0.4 is 0 Å². The van der Waals surface area contributed by atoms with E-state index in [-0.39, 0.29) is 11.2 Å². The van der Waals surface area contributed by atoms with Crippen LogP contribution in [0.25, 0.3) is 0 Å². The standard InChI is InChI=1S/C9H15N3O/c1-7(13)8-10-6-11-12(8)5-9(2,3)4/h6H,5H2,1-4H3. The molecule has 0 aliphatic rings. The number of Topliss-reactive ketones (excluding diaryl/α,β-unsaturated/α-hetero) is 1. The predicted octanol–water partition coefficient (Wildman–Crippen LogP) is 1.53. The zero-order chi connectivity index (χ0) is 10.1. The molecule has 0 radical (unpaired) electrons. The van der Waals surface area contributed by atoms with Gasteiger partial charge in [-0.3, -0.25) is 4.79 Å². The summed E-state index contributed by atoms with van der Waals surface area (Å²) in [7, 11) is 0. The van der Waals surface area contributed by atoms with Crippen LogP contribution in [0.2, 0.25) is 0 Å². The molecule has 0 saturated carbocycles. The minimum atomic E-state index is -0.0400. The van der Waals surface area contributed by atoms with E-state index in [0.717, 1.165) is 0 Å². The molecule has 0 bridgehead atoms. The van der Waals surface area contributed by atoms with Crippen molar-refractivity contribution in [3.05, 3.63) is 12.2 Å². The number of rotatable bonds is 2. The van der Waals surface area contributed by atoms with Crippen molar-refractivity contribution in [3.8, 4) is 0 Å². The Balaban J connectivity index is 2.89. The first kappa shape index (κ1) is 9.89. The molecule has 4 heteroatoms. The first-order valence-electron chi connectivity index (χ1n) is 4.29. The highest BCUT2D eigenvalue weighted by Crippen LogP contribution is 2.16. The Morgan fingerprint density at radius 1 is 1.54 bits per heavy atom. The lowest BCUT2D eigenvalue weighted by atomic mass is 9.97. The molecule has 0 amide bonds. The van der Waals surface area contributed by atoms with E-state index in [2.05, 4.69) is 30.9 Å². The van der Waals surface area contributed by atoms with Crippen molar-refractivity contribution in [2.24, 2.45) is 5.41 Å². The van der Waals surface area contributed by atoms with Gasteiger partial charge in [0.2, 0.25) is 0 Å². The van der Waals surface area contributed by atoms with Crippen LogP contribution in [-0.4, -0.2) is 20.5 Å². The van der Waals surface area contributed by atoms with E-state index >= 15 is 0 Å². The number of aromatic nitrogens is 3. The lowest BCUT2D eigenvalue weighted by molar-refractivity contribution is 0.0995. The number of nitrogens with zero attached hydrogens (tertiary/aromatic N) is 3. The maximum Gasteiger partial charge on any atom is 0.196 e. The van der Waals surface area contributed by atoms with Crippen molar-refractivity contribution in [1.29, 1.82) is 0 Å². The van der Waals surface area contributed by atoms with Crippen LogP contribution in [0.1, 0.15) is 38.3 Å². The fourth-order valence-corrected chi connectivity index (χ4v) is 1.10. The fraction of sp³-hybridized carbons (Fsp3) is 0.667. The van der Waals surface area contributed by atoms with E-state index in [0.29, 0.717) is 12.4 Å². The van der Waals surface area contributed by atoms with Crippen LogP contribution in [0.3, 0.4) is 0 Å². The lowest BCUT2D eigenvalue weighted by Crippen LogP contribution is -2.20. The molecule has 0 unspecified atom stereocenters. The second-order valence-corrected chi connectivity index (χ2v) is 4.36. The third-order valence-electron chi connectivity index (χ3n) is 1.55. The van der Waals surface area contributed by atoms with Gasteiger partial charge in [-0.25, -0.2) is 9.67 Å². The van der Waals surface area contributed by atoms with Gasteiger partial charge in [0.05, 0.1) is 0 Å². The van der Waals surface area contributed by atoms with Crippen LogP contribution in [0.4, 0.5) is 0 Å². The SMILES string of the molecule is CC(=O)c1ncnn1CC(C)(C)C. The number of hydrogen-bond acceptors (Lipinski definition) is 3. The van der Waals surface area contributed by atoms with E-state index in [1.54, 1.807) is 4.68 Å². The Bertz CT molecular complexity index is 309. The summed E-state index contributed by atoms with van der Waals surface area (Å²) >= 11 is 0. The predicted molar refractivity (Wildman–Crippen MR) is 49.5 cm³/mol. The minimum absolute atomic E-state index is 0.0400. The molecule has 0 atom stereocenters. The highest BCUT2D eigenvalue weighted by atomic mass is 16.1. The molecule has 0 aliphatic carbocycles. The third kappa shape index (κ3) is 2.65. The molecule has 0 fully saturated rings. The molecular formula is C9H15N3O. The zero-order valence-electron chi connectivity index (χ0n) is 8.53. The van der Waals surface area contributed by atoms with Crippen molar-refractivity contribution in [3.63, 3.8) is 0 Å². The monoisotopic (exact) mass is 181 g/mol. The maximum absolute atomic E-state index is 11.1. The largest absolute Gasteiger partial charge is 0.291 e. The average Bonchev–Trinajstić information content (AvgIpc) is 2.31. The van der Waals surface area contributed by atoms with Gasteiger partial charge in [0.15, 0.2) is 11.6 Å². The van der Waals surface area contributed by atoms with Crippen molar-refractivity contribution < 1.29 is 4.79 Å². The number of ketones is 1. The average molecular weight is 181 g/mol. The molecule has 0 aromatic carbocycles. The first-order chi connectivity index (χ1) is 5.90. The second kappa shape index (κ2) is 3.28. The van der Waals surface area contributed by atoms with Gasteiger partial charge in [-0.05, 0) is 5.41 Å². The number of carbonyl (C=O) groups excluding carboxylic acids is 1. The molecule has 0 spiro atoms. The van der Waals surface area contributed by atoms with Gasteiger partial charge in [-0.1, -0.05) is 20.8 Å². The summed E-state index contributed by atoms with van der Waals surface area (Å²) in [5.74, 6) is 0.400. The van der Waals surface area contributed by atoms with Gasteiger partial charge >= 0.3 is 0 Å². The smallest absolute Gasteiger partial charge is 0.196 e. The minimum Gasteiger partial charge on any atom is -0.291 e. The highest BCUT2D eigenvalue weighted by Gasteiger charge is 2.16. The Morgan fingerprint density at radius 2 is 2.15 bits per heavy atom. The maximum atomic E-state index is 11.1. The first-order valence-corrected chi connectivity index (χ1v) is 4.29. The number of hydrogen-bond donors (Lipinski definition) is 0. The van der Waals surface area contributed by atoms with Gasteiger partial charge in [0.25, 0.3) is 0 Å². The Kier molecular flexibility index (Phi) is 2.50. The summed E-state index contributed by atoms with van der Waals surface area (Å²) in [5.41, 5.74) is 0.109. The Labute approximate surface area is 78.0 Å². The van der Waals surface area contributed by atoms with E-state index in [1.165, 1.54) is 13.3 Å². The third-order valence-corrected chi connectivity index (χ3v) is 1.55. The summed E-state index contributed by atoms with van der Waals surface area (Å²) in [6.45, 7) is 8.50. The molecule has 1 aromatic heterocycles. The molecular weight excluding hydrogens is 166 g/mol. The summed E-state index contributed by atoms with van der Waals surface area (Å²) in [6, 6.07) is 0. The van der Waals surface area contributed by atoms with Crippen molar-refractivity contribution in [2.75, 3.05) is 0 Å². The van der Waals surface area contributed by atoms with Crippen LogP contribution in [0.5, 0.6) is 0 Å². The zero-order valence-corrected chi connectivity index (χ0v) is 8.53. The summed E-state index contributed by atoms with van der Waals surface area (Å²) in [5, 5.41) is 4.01. The molecule has 4 nitrogen and oxygen atoms in total. The van der Waals surface area contributed by atoms with Gasteiger partial charge in [-0.15, -0.1) is 0 Å². The molecule has 72 valence electrons. The molecule has 0 N–H and O–H groups in total. The van der Waals surface area contributed by atoms with E-state index in [4.69, 9.17) is 0 Å². The normalized spacial score (nSPS) is 11.7. The van der Waals surface area contributed by atoms with Crippen molar-refractivity contribution >= 4 is 5.78 Å². The van der Waals surface area contributed by atoms with Crippen LogP contribution >= 0.6 is 0 Å². The van der Waals surface area contributed by atoms with Gasteiger partial charge in [-0.2, -0.15) is 5.10 Å². The topological polar surface area (TPSA) is 47.8 Å². The van der Waals surface area contributed by atoms with Crippen molar-refractivity contribution in [2.45, 2.75) is 34.2 Å². The molecule has 13 heavy (non-hydrogen) atoms. The van der Waals surface area contributed by atoms with Crippen LogP contribution in [0.15, 0.2) is 6.33 Å². The van der Waals surface area contributed by atoms with E-state index < -0.39 is 0 Å². The van der Waals surface area contributed by atoms with Crippen LogP contribution in [-0.2, 0) is 6.54 Å². The summed E-state index contributed by atoms with van der Waals surface area (Å²) in [4.78, 5) is 15.0. The Hall–Kier alpha value is -1.19. The van der Waals surface area contributed by atoms with Crippen molar-refractivity contribution in [1.82, 2.24) is 14.8 Å². The summed E-state index contributed by atoms with van der Waals surface area (Å²) < 4.78 is 1.66. The fourth-order valence-electron chi connectivity index (χ4n) is 1.10. The Morgan fingerprint density at radius 3 is 2.62 bits per heavy atom. The molecule has 0 saturated heterocycles.